The lowest BCUT2D eigenvalue weighted by atomic mass is 9.80. The molecule has 0 saturated heterocycles. The van der Waals surface area contributed by atoms with E-state index >= 15 is 0 Å². The molecule has 1 rings (SSSR count). The van der Waals surface area contributed by atoms with Crippen LogP contribution in [0.15, 0.2) is 18.2 Å². The van der Waals surface area contributed by atoms with Crippen LogP contribution in [0.25, 0.3) is 0 Å². The summed E-state index contributed by atoms with van der Waals surface area (Å²) in [5, 5.41) is 0. The van der Waals surface area contributed by atoms with Crippen LogP contribution in [-0.4, -0.2) is 9.79 Å². The third kappa shape index (κ3) is 5.07. The van der Waals surface area contributed by atoms with Gasteiger partial charge >= 0.3 is 8.60 Å². The van der Waals surface area contributed by atoms with E-state index in [0.29, 0.717) is 5.75 Å². The normalized spacial score (nSPS) is 12.3. The van der Waals surface area contributed by atoms with Gasteiger partial charge in [-0.3, -0.25) is 0 Å². The summed E-state index contributed by atoms with van der Waals surface area (Å²) >= 11 is 0. The van der Waals surface area contributed by atoms with Gasteiger partial charge in [-0.1, -0.05) is 53.7 Å². The molecule has 0 aliphatic rings. The van der Waals surface area contributed by atoms with Crippen molar-refractivity contribution in [2.75, 3.05) is 0 Å². The molecule has 0 fully saturated rings. The Morgan fingerprint density at radius 3 is 1.84 bits per heavy atom. The topological polar surface area (TPSA) is 84.7 Å². The second-order valence-corrected chi connectivity index (χ2v) is 7.24. The summed E-state index contributed by atoms with van der Waals surface area (Å²) in [6.45, 7) is 12.7. The molecule has 0 unspecified atom stereocenters. The molecule has 0 saturated carbocycles. The summed E-state index contributed by atoms with van der Waals surface area (Å²) in [4.78, 5) is 18.0. The third-order valence-corrected chi connectivity index (χ3v) is 3.19. The molecular formula is C14H26NO3P. The fourth-order valence-electron chi connectivity index (χ4n) is 1.75. The predicted molar refractivity (Wildman–Crippen MR) is 80.8 cm³/mol. The van der Waals surface area contributed by atoms with Crippen LogP contribution >= 0.6 is 8.60 Å². The van der Waals surface area contributed by atoms with Gasteiger partial charge in [0.25, 0.3) is 0 Å². The number of benzene rings is 1. The minimum Gasteiger partial charge on any atom is -0.427 e. The molecule has 0 aliphatic heterocycles. The molecule has 5 N–H and O–H groups in total. The lowest BCUT2D eigenvalue weighted by molar-refractivity contribution is 0.369. The Balaban J connectivity index is 0.00000324. The predicted octanol–water partition coefficient (Wildman–Crippen LogP) is 4.03. The second kappa shape index (κ2) is 6.19. The first-order valence-electron chi connectivity index (χ1n) is 6.02. The van der Waals surface area contributed by atoms with Gasteiger partial charge in [0.1, 0.15) is 5.75 Å². The molecule has 4 nitrogen and oxygen atoms in total. The van der Waals surface area contributed by atoms with E-state index in [-0.39, 0.29) is 17.0 Å². The summed E-state index contributed by atoms with van der Waals surface area (Å²) in [7, 11) is -2.38. The molecule has 0 aliphatic carbocycles. The van der Waals surface area contributed by atoms with Crippen LogP contribution < -0.4 is 10.7 Å². The monoisotopic (exact) mass is 287 g/mol. The van der Waals surface area contributed by atoms with Crippen molar-refractivity contribution in [2.24, 2.45) is 0 Å². The van der Waals surface area contributed by atoms with Gasteiger partial charge < -0.3 is 20.5 Å². The molecule has 0 atom stereocenters. The summed E-state index contributed by atoms with van der Waals surface area (Å²) < 4.78 is 5.12. The number of rotatable bonds is 2. The van der Waals surface area contributed by atoms with Gasteiger partial charge in [-0.25, -0.2) is 0 Å². The molecule has 0 amide bonds. The molecule has 0 aromatic heterocycles. The highest BCUT2D eigenvalue weighted by Crippen LogP contribution is 2.39. The Morgan fingerprint density at radius 1 is 0.947 bits per heavy atom. The Hall–Kier alpha value is -0.670. The maximum absolute atomic E-state index is 9.02. The fourth-order valence-corrected chi connectivity index (χ4v) is 2.09. The molecule has 0 bridgehead atoms. The first-order valence-corrected chi connectivity index (χ1v) is 7.19. The van der Waals surface area contributed by atoms with Crippen molar-refractivity contribution in [3.63, 3.8) is 0 Å². The van der Waals surface area contributed by atoms with Crippen molar-refractivity contribution >= 4 is 8.60 Å². The van der Waals surface area contributed by atoms with Crippen LogP contribution in [0.2, 0.25) is 0 Å². The van der Waals surface area contributed by atoms with E-state index < -0.39 is 8.60 Å². The largest absolute Gasteiger partial charge is 0.427 e. The highest BCUT2D eigenvalue weighted by Gasteiger charge is 2.24. The third-order valence-electron chi connectivity index (χ3n) is 2.83. The number of hydrogen-bond donors (Lipinski definition) is 3. The van der Waals surface area contributed by atoms with Gasteiger partial charge in [0.05, 0.1) is 0 Å². The SMILES string of the molecule is CC(C)(C)c1ccc(OP(O)O)c(C(C)(C)C)c1.N. The zero-order chi connectivity index (χ0) is 14.1. The van der Waals surface area contributed by atoms with Crippen molar-refractivity contribution in [3.05, 3.63) is 29.3 Å². The Labute approximate surface area is 117 Å². The van der Waals surface area contributed by atoms with Crippen LogP contribution in [0, 0.1) is 0 Å². The molecule has 1 aromatic rings. The van der Waals surface area contributed by atoms with Gasteiger partial charge in [-0.2, -0.15) is 0 Å². The van der Waals surface area contributed by atoms with Gasteiger partial charge in [0.2, 0.25) is 0 Å². The first kappa shape index (κ1) is 18.3. The van der Waals surface area contributed by atoms with Gasteiger partial charge in [0, 0.05) is 5.56 Å². The summed E-state index contributed by atoms with van der Waals surface area (Å²) in [6, 6.07) is 5.89. The quantitative estimate of drug-likeness (QED) is 0.717. The molecule has 0 heterocycles. The lowest BCUT2D eigenvalue weighted by Gasteiger charge is -2.27. The maximum Gasteiger partial charge on any atom is 0.391 e. The van der Waals surface area contributed by atoms with Crippen molar-refractivity contribution in [1.82, 2.24) is 6.15 Å². The van der Waals surface area contributed by atoms with Gasteiger partial charge in [-0.05, 0) is 22.5 Å². The fraction of sp³-hybridized carbons (Fsp3) is 0.571. The highest BCUT2D eigenvalue weighted by atomic mass is 31.2. The molecule has 19 heavy (non-hydrogen) atoms. The van der Waals surface area contributed by atoms with E-state index in [1.807, 2.05) is 12.1 Å². The first-order chi connectivity index (χ1) is 8.01. The van der Waals surface area contributed by atoms with Crippen LogP contribution in [0.1, 0.15) is 52.7 Å². The number of hydrogen-bond acceptors (Lipinski definition) is 4. The Morgan fingerprint density at radius 2 is 1.47 bits per heavy atom. The molecule has 5 heteroatoms. The van der Waals surface area contributed by atoms with E-state index in [1.165, 1.54) is 5.56 Å². The van der Waals surface area contributed by atoms with Crippen LogP contribution in [0.5, 0.6) is 5.75 Å². The van der Waals surface area contributed by atoms with E-state index in [0.717, 1.165) is 5.56 Å². The van der Waals surface area contributed by atoms with Crippen molar-refractivity contribution in [1.29, 1.82) is 0 Å². The van der Waals surface area contributed by atoms with Crippen molar-refractivity contribution in [2.45, 2.75) is 52.4 Å². The summed E-state index contributed by atoms with van der Waals surface area (Å²) in [5.41, 5.74) is 2.15. The van der Waals surface area contributed by atoms with Crippen LogP contribution in [-0.2, 0) is 10.8 Å². The van der Waals surface area contributed by atoms with E-state index in [9.17, 15) is 0 Å². The zero-order valence-corrected chi connectivity index (χ0v) is 13.6. The van der Waals surface area contributed by atoms with Crippen molar-refractivity contribution in [3.8, 4) is 5.75 Å². The maximum atomic E-state index is 9.02. The van der Waals surface area contributed by atoms with Gasteiger partial charge in [-0.15, -0.1) is 0 Å². The van der Waals surface area contributed by atoms with Crippen molar-refractivity contribution < 1.29 is 14.3 Å². The average molecular weight is 287 g/mol. The molecule has 0 radical (unpaired) electrons. The summed E-state index contributed by atoms with van der Waals surface area (Å²) in [5.74, 6) is 0.548. The molecule has 110 valence electrons. The molecular weight excluding hydrogens is 261 g/mol. The zero-order valence-electron chi connectivity index (χ0n) is 12.7. The van der Waals surface area contributed by atoms with Gasteiger partial charge in [0.15, 0.2) is 0 Å². The molecule has 1 aromatic carbocycles. The highest BCUT2D eigenvalue weighted by molar-refractivity contribution is 7.39. The minimum absolute atomic E-state index is 0. The minimum atomic E-state index is -2.38. The van der Waals surface area contributed by atoms with E-state index in [2.05, 4.69) is 47.6 Å². The second-order valence-electron chi connectivity index (χ2n) is 6.55. The summed E-state index contributed by atoms with van der Waals surface area (Å²) in [6.07, 6.45) is 0. The Bertz CT molecular complexity index is 420. The Kier molecular flexibility index (Phi) is 5.97. The van der Waals surface area contributed by atoms with Crippen LogP contribution in [0.3, 0.4) is 0 Å². The van der Waals surface area contributed by atoms with E-state index in [4.69, 9.17) is 14.3 Å². The molecule has 0 spiro atoms. The smallest absolute Gasteiger partial charge is 0.391 e. The van der Waals surface area contributed by atoms with E-state index in [1.54, 1.807) is 0 Å². The van der Waals surface area contributed by atoms with Crippen LogP contribution in [0.4, 0.5) is 0 Å². The standard InChI is InChI=1S/C14H23O3P.H3N/c1-13(2,3)10-7-8-12(17-18(15)16)11(9-10)14(4,5)6;/h7-9,15-16H,1-6H3;1H3. The average Bonchev–Trinajstić information content (AvgIpc) is 2.13. The lowest BCUT2D eigenvalue weighted by Crippen LogP contribution is -2.17.